The van der Waals surface area contributed by atoms with Crippen molar-refractivity contribution < 1.29 is 9.84 Å². The maximum absolute atomic E-state index is 9.91. The lowest BCUT2D eigenvalue weighted by atomic mass is 10.2. The van der Waals surface area contributed by atoms with Gasteiger partial charge in [0.05, 0.1) is 0 Å². The van der Waals surface area contributed by atoms with E-state index in [-0.39, 0.29) is 6.61 Å². The zero-order valence-corrected chi connectivity index (χ0v) is 17.3. The van der Waals surface area contributed by atoms with Crippen molar-refractivity contribution in [1.29, 1.82) is 0 Å². The average molecular weight is 406 g/mol. The molecule has 1 atom stereocenters. The first kappa shape index (κ1) is 20.1. The van der Waals surface area contributed by atoms with E-state index in [4.69, 9.17) is 9.72 Å². The lowest BCUT2D eigenvalue weighted by Gasteiger charge is -2.19. The molecule has 0 spiro atoms. The summed E-state index contributed by atoms with van der Waals surface area (Å²) in [6, 6.07) is 17.9. The van der Waals surface area contributed by atoms with Gasteiger partial charge in [-0.25, -0.2) is 4.98 Å². The summed E-state index contributed by atoms with van der Waals surface area (Å²) >= 11 is 0. The maximum atomic E-state index is 9.91. The summed E-state index contributed by atoms with van der Waals surface area (Å²) in [5.74, 6) is 2.14. The largest absolute Gasteiger partial charge is 0.491 e. The Morgan fingerprint density at radius 2 is 1.93 bits per heavy atom. The third-order valence-electron chi connectivity index (χ3n) is 4.93. The zero-order valence-electron chi connectivity index (χ0n) is 17.3. The zero-order chi connectivity index (χ0) is 20.9. The highest BCUT2D eigenvalue weighted by atomic mass is 16.5. The first-order chi connectivity index (χ1) is 14.6. The fraction of sp³-hybridized carbons (Fsp3) is 0.304. The van der Waals surface area contributed by atoms with E-state index < -0.39 is 6.10 Å². The molecular formula is C23H27N5O2. The highest BCUT2D eigenvalue weighted by Crippen LogP contribution is 2.33. The molecule has 2 heterocycles. The van der Waals surface area contributed by atoms with E-state index in [0.717, 1.165) is 24.5 Å². The van der Waals surface area contributed by atoms with Crippen molar-refractivity contribution in [1.82, 2.24) is 14.9 Å². The van der Waals surface area contributed by atoms with Crippen LogP contribution in [0.4, 0.5) is 23.1 Å². The number of aliphatic hydroxyl groups excluding tert-OH is 1. The van der Waals surface area contributed by atoms with Crippen molar-refractivity contribution in [3.63, 3.8) is 0 Å². The molecule has 156 valence electrons. The Kier molecular flexibility index (Phi) is 6.11. The lowest BCUT2D eigenvalue weighted by molar-refractivity contribution is 0.0831. The van der Waals surface area contributed by atoms with Crippen LogP contribution in [0, 0.1) is 0 Å². The molecule has 7 nitrogen and oxygen atoms in total. The SMILES string of the molecule is CN(C)CC(O)COc1ccc(Nc2nccc(N3CCc4ccccc43)n2)cc1. The highest BCUT2D eigenvalue weighted by Gasteiger charge is 2.21. The van der Waals surface area contributed by atoms with Gasteiger partial charge in [-0.2, -0.15) is 4.98 Å². The molecule has 0 saturated heterocycles. The Bertz CT molecular complexity index is 977. The molecule has 1 aromatic heterocycles. The van der Waals surface area contributed by atoms with E-state index in [0.29, 0.717) is 18.2 Å². The minimum atomic E-state index is -0.523. The van der Waals surface area contributed by atoms with Crippen molar-refractivity contribution in [2.45, 2.75) is 12.5 Å². The van der Waals surface area contributed by atoms with Crippen molar-refractivity contribution in [2.24, 2.45) is 0 Å². The minimum absolute atomic E-state index is 0.257. The molecule has 0 aliphatic carbocycles. The number of likely N-dealkylation sites (N-methyl/N-ethyl adjacent to an activating group) is 1. The van der Waals surface area contributed by atoms with Gasteiger partial charge in [0, 0.05) is 30.7 Å². The summed E-state index contributed by atoms with van der Waals surface area (Å²) in [7, 11) is 3.84. The Morgan fingerprint density at radius 3 is 2.73 bits per heavy atom. The van der Waals surface area contributed by atoms with Gasteiger partial charge >= 0.3 is 0 Å². The predicted octanol–water partition coefficient (Wildman–Crippen LogP) is 3.22. The molecule has 0 radical (unpaired) electrons. The Labute approximate surface area is 177 Å². The molecule has 2 N–H and O–H groups in total. The third-order valence-corrected chi connectivity index (χ3v) is 4.93. The van der Waals surface area contributed by atoms with Gasteiger partial charge in [-0.15, -0.1) is 0 Å². The number of nitrogens with one attached hydrogen (secondary N) is 1. The number of fused-ring (bicyclic) bond motifs is 1. The fourth-order valence-corrected chi connectivity index (χ4v) is 3.57. The number of aromatic nitrogens is 2. The molecule has 1 aliphatic heterocycles. The molecule has 4 rings (SSSR count). The highest BCUT2D eigenvalue weighted by molar-refractivity contribution is 5.68. The summed E-state index contributed by atoms with van der Waals surface area (Å²) in [5.41, 5.74) is 3.42. The second kappa shape index (κ2) is 9.11. The quantitative estimate of drug-likeness (QED) is 0.596. The predicted molar refractivity (Wildman–Crippen MR) is 119 cm³/mol. The fourth-order valence-electron chi connectivity index (χ4n) is 3.57. The van der Waals surface area contributed by atoms with Gasteiger partial charge in [-0.05, 0) is 62.5 Å². The number of anilines is 4. The van der Waals surface area contributed by atoms with Crippen LogP contribution in [0.25, 0.3) is 0 Å². The van der Waals surface area contributed by atoms with Crippen LogP contribution in [0.3, 0.4) is 0 Å². The van der Waals surface area contributed by atoms with Crippen LogP contribution in [-0.2, 0) is 6.42 Å². The number of benzene rings is 2. The summed E-state index contributed by atoms with van der Waals surface area (Å²) in [6.07, 6.45) is 2.27. The minimum Gasteiger partial charge on any atom is -0.491 e. The van der Waals surface area contributed by atoms with Crippen LogP contribution in [0.15, 0.2) is 60.8 Å². The van der Waals surface area contributed by atoms with Crippen molar-refractivity contribution in [3.05, 3.63) is 66.4 Å². The van der Waals surface area contributed by atoms with E-state index in [1.807, 2.05) is 49.3 Å². The van der Waals surface area contributed by atoms with Crippen LogP contribution >= 0.6 is 0 Å². The maximum Gasteiger partial charge on any atom is 0.229 e. The molecule has 2 aromatic carbocycles. The molecule has 0 bridgehead atoms. The Balaban J connectivity index is 1.39. The smallest absolute Gasteiger partial charge is 0.229 e. The van der Waals surface area contributed by atoms with Crippen LogP contribution in [0.5, 0.6) is 5.75 Å². The first-order valence-corrected chi connectivity index (χ1v) is 10.1. The molecule has 0 amide bonds. The molecule has 0 fully saturated rings. The van der Waals surface area contributed by atoms with Gasteiger partial charge in [0.1, 0.15) is 24.3 Å². The lowest BCUT2D eigenvalue weighted by Crippen LogP contribution is -2.30. The second-order valence-electron chi connectivity index (χ2n) is 7.65. The number of ether oxygens (including phenoxy) is 1. The Morgan fingerprint density at radius 1 is 1.13 bits per heavy atom. The van der Waals surface area contributed by atoms with Crippen LogP contribution < -0.4 is 15.0 Å². The molecule has 7 heteroatoms. The van der Waals surface area contributed by atoms with Gasteiger partial charge < -0.3 is 25.0 Å². The number of para-hydroxylation sites is 1. The van der Waals surface area contributed by atoms with E-state index >= 15 is 0 Å². The molecule has 1 aliphatic rings. The van der Waals surface area contributed by atoms with Crippen LogP contribution in [0.2, 0.25) is 0 Å². The van der Waals surface area contributed by atoms with Crippen molar-refractivity contribution in [2.75, 3.05) is 44.0 Å². The van der Waals surface area contributed by atoms with Gasteiger partial charge in [0.15, 0.2) is 0 Å². The number of hydrogen-bond acceptors (Lipinski definition) is 7. The van der Waals surface area contributed by atoms with E-state index in [1.165, 1.54) is 11.3 Å². The Hall–Kier alpha value is -3.16. The molecule has 3 aromatic rings. The van der Waals surface area contributed by atoms with Gasteiger partial charge in [-0.3, -0.25) is 0 Å². The van der Waals surface area contributed by atoms with Gasteiger partial charge in [-0.1, -0.05) is 18.2 Å². The standard InChI is InChI=1S/C23H27N5O2/c1-27(2)15-19(29)16-30-20-9-7-18(8-10-20)25-23-24-13-11-22(26-23)28-14-12-17-5-3-4-6-21(17)28/h3-11,13,19,29H,12,14-16H2,1-2H3,(H,24,25,26). The van der Waals surface area contributed by atoms with Gasteiger partial charge in [0.25, 0.3) is 0 Å². The number of aliphatic hydroxyl groups is 1. The third kappa shape index (κ3) is 4.87. The summed E-state index contributed by atoms with van der Waals surface area (Å²) in [4.78, 5) is 13.2. The summed E-state index contributed by atoms with van der Waals surface area (Å²) in [6.45, 7) is 1.74. The van der Waals surface area contributed by atoms with E-state index in [9.17, 15) is 5.11 Å². The van der Waals surface area contributed by atoms with Crippen molar-refractivity contribution in [3.8, 4) is 5.75 Å². The van der Waals surface area contributed by atoms with Crippen LogP contribution in [-0.4, -0.2) is 59.9 Å². The average Bonchev–Trinajstić information content (AvgIpc) is 3.17. The van der Waals surface area contributed by atoms with Crippen molar-refractivity contribution >= 4 is 23.1 Å². The van der Waals surface area contributed by atoms with E-state index in [2.05, 4.69) is 39.5 Å². The molecule has 1 unspecified atom stereocenters. The number of rotatable bonds is 8. The second-order valence-corrected chi connectivity index (χ2v) is 7.65. The number of hydrogen-bond donors (Lipinski definition) is 2. The normalized spacial score (nSPS) is 13.9. The molecule has 0 saturated carbocycles. The summed E-state index contributed by atoms with van der Waals surface area (Å²) in [5, 5.41) is 13.2. The van der Waals surface area contributed by atoms with E-state index in [1.54, 1.807) is 6.20 Å². The summed E-state index contributed by atoms with van der Waals surface area (Å²) < 4.78 is 5.65. The molecular weight excluding hydrogens is 378 g/mol. The molecule has 30 heavy (non-hydrogen) atoms. The monoisotopic (exact) mass is 405 g/mol. The first-order valence-electron chi connectivity index (χ1n) is 10.1. The van der Waals surface area contributed by atoms with Gasteiger partial charge in [0.2, 0.25) is 5.95 Å². The topological polar surface area (TPSA) is 73.8 Å². The van der Waals surface area contributed by atoms with Crippen LogP contribution in [0.1, 0.15) is 5.56 Å². The number of nitrogens with zero attached hydrogens (tertiary/aromatic N) is 4.